The minimum absolute atomic E-state index is 0.163. The highest BCUT2D eigenvalue weighted by Gasteiger charge is 2.13. The monoisotopic (exact) mass is 370 g/mol. The zero-order valence-corrected chi connectivity index (χ0v) is 15.6. The maximum Gasteiger partial charge on any atom is 0.234 e. The van der Waals surface area contributed by atoms with Crippen LogP contribution in [-0.4, -0.2) is 26.4 Å². The first kappa shape index (κ1) is 18.1. The molecule has 134 valence electrons. The number of amides is 1. The predicted octanol–water partition coefficient (Wildman–Crippen LogP) is 3.97. The minimum Gasteiger partial charge on any atom is -0.325 e. The number of hydrogen-bond acceptors (Lipinski definition) is 4. The summed E-state index contributed by atoms with van der Waals surface area (Å²) in [6.07, 6.45) is 0. The van der Waals surface area contributed by atoms with Crippen LogP contribution in [0.2, 0.25) is 0 Å². The van der Waals surface area contributed by atoms with Gasteiger partial charge in [0.05, 0.1) is 5.75 Å². The van der Waals surface area contributed by atoms with E-state index in [2.05, 4.69) is 15.5 Å². The third kappa shape index (κ3) is 4.11. The van der Waals surface area contributed by atoms with E-state index < -0.39 is 0 Å². The molecule has 7 heteroatoms. The number of halogens is 1. The highest BCUT2D eigenvalue weighted by Crippen LogP contribution is 2.23. The van der Waals surface area contributed by atoms with Crippen LogP contribution >= 0.6 is 11.8 Å². The Morgan fingerprint density at radius 2 is 1.88 bits per heavy atom. The second-order valence-electron chi connectivity index (χ2n) is 6.03. The number of aryl methyl sites for hydroxylation is 2. The second-order valence-corrected chi connectivity index (χ2v) is 6.97. The lowest BCUT2D eigenvalue weighted by Crippen LogP contribution is -2.15. The summed E-state index contributed by atoms with van der Waals surface area (Å²) in [5.41, 5.74) is 3.44. The lowest BCUT2D eigenvalue weighted by Gasteiger charge is -2.08. The number of carbonyl (C=O) groups excluding carboxylic acids is 1. The fourth-order valence-electron chi connectivity index (χ4n) is 2.44. The summed E-state index contributed by atoms with van der Waals surface area (Å²) in [7, 11) is 1.87. The van der Waals surface area contributed by atoms with Crippen LogP contribution in [0.5, 0.6) is 0 Å². The largest absolute Gasteiger partial charge is 0.325 e. The van der Waals surface area contributed by atoms with Gasteiger partial charge < -0.3 is 9.88 Å². The van der Waals surface area contributed by atoms with E-state index in [9.17, 15) is 9.18 Å². The Kier molecular flexibility index (Phi) is 5.37. The van der Waals surface area contributed by atoms with Crippen LogP contribution in [0.3, 0.4) is 0 Å². The predicted molar refractivity (Wildman–Crippen MR) is 102 cm³/mol. The van der Waals surface area contributed by atoms with Crippen molar-refractivity contribution < 1.29 is 9.18 Å². The Morgan fingerprint density at radius 3 is 2.62 bits per heavy atom. The van der Waals surface area contributed by atoms with Gasteiger partial charge in [-0.15, -0.1) is 10.2 Å². The van der Waals surface area contributed by atoms with Crippen molar-refractivity contribution in [2.24, 2.45) is 7.05 Å². The van der Waals surface area contributed by atoms with Gasteiger partial charge in [0, 0.05) is 18.3 Å². The molecule has 1 N–H and O–H groups in total. The average molecular weight is 370 g/mol. The van der Waals surface area contributed by atoms with E-state index in [-0.39, 0.29) is 17.5 Å². The number of thioether (sulfide) groups is 1. The van der Waals surface area contributed by atoms with E-state index in [4.69, 9.17) is 0 Å². The van der Waals surface area contributed by atoms with Crippen molar-refractivity contribution >= 4 is 23.4 Å². The highest BCUT2D eigenvalue weighted by atomic mass is 32.2. The molecule has 0 radical (unpaired) electrons. The van der Waals surface area contributed by atoms with Gasteiger partial charge in [0.2, 0.25) is 5.91 Å². The molecular weight excluding hydrogens is 351 g/mol. The van der Waals surface area contributed by atoms with Crippen LogP contribution in [-0.2, 0) is 11.8 Å². The van der Waals surface area contributed by atoms with Gasteiger partial charge in [0.15, 0.2) is 11.0 Å². The molecule has 0 saturated heterocycles. The van der Waals surface area contributed by atoms with Crippen LogP contribution < -0.4 is 5.32 Å². The van der Waals surface area contributed by atoms with Crippen molar-refractivity contribution in [3.8, 4) is 11.4 Å². The third-order valence-corrected chi connectivity index (χ3v) is 4.97. The summed E-state index contributed by atoms with van der Waals surface area (Å²) >= 11 is 1.29. The van der Waals surface area contributed by atoms with E-state index in [0.29, 0.717) is 10.8 Å². The van der Waals surface area contributed by atoms with Crippen LogP contribution in [0.1, 0.15) is 11.1 Å². The smallest absolute Gasteiger partial charge is 0.234 e. The molecule has 0 saturated carbocycles. The number of hydrogen-bond donors (Lipinski definition) is 1. The normalized spacial score (nSPS) is 10.8. The number of rotatable bonds is 5. The first-order valence-electron chi connectivity index (χ1n) is 8.09. The fraction of sp³-hybridized carbons (Fsp3) is 0.211. The Morgan fingerprint density at radius 1 is 1.15 bits per heavy atom. The number of nitrogens with one attached hydrogen (secondary N) is 1. The molecule has 3 aromatic rings. The van der Waals surface area contributed by atoms with Gasteiger partial charge in [-0.3, -0.25) is 4.79 Å². The quantitative estimate of drug-likeness (QED) is 0.691. The molecule has 0 spiro atoms. The SMILES string of the molecule is Cc1ccc(-c2nnc(SCC(=O)Nc3cc(F)ccc3C)n2C)cc1. The van der Waals surface area contributed by atoms with Crippen molar-refractivity contribution in [1.82, 2.24) is 14.8 Å². The lowest BCUT2D eigenvalue weighted by molar-refractivity contribution is -0.113. The number of carbonyl (C=O) groups is 1. The standard InChI is InChI=1S/C19H19FN4OS/c1-12-4-7-14(8-5-12)18-22-23-19(24(18)3)26-11-17(25)21-16-10-15(20)9-6-13(16)2/h4-10H,11H2,1-3H3,(H,21,25). The van der Waals surface area contributed by atoms with Crippen molar-refractivity contribution in [2.75, 3.05) is 11.1 Å². The topological polar surface area (TPSA) is 59.8 Å². The maximum atomic E-state index is 13.3. The van der Waals surface area contributed by atoms with Crippen LogP contribution in [0, 0.1) is 19.7 Å². The van der Waals surface area contributed by atoms with Crippen molar-refractivity contribution in [3.05, 3.63) is 59.4 Å². The van der Waals surface area contributed by atoms with Crippen LogP contribution in [0.15, 0.2) is 47.6 Å². The molecular formula is C19H19FN4OS. The molecule has 2 aromatic carbocycles. The van der Waals surface area contributed by atoms with Crippen LogP contribution in [0.25, 0.3) is 11.4 Å². The maximum absolute atomic E-state index is 13.3. The summed E-state index contributed by atoms with van der Waals surface area (Å²) in [6, 6.07) is 12.3. The van der Waals surface area contributed by atoms with E-state index in [1.165, 1.54) is 29.5 Å². The lowest BCUT2D eigenvalue weighted by atomic mass is 10.1. The summed E-state index contributed by atoms with van der Waals surface area (Å²) < 4.78 is 15.2. The molecule has 1 aromatic heterocycles. The van der Waals surface area contributed by atoms with Gasteiger partial charge in [0.1, 0.15) is 5.82 Å². The summed E-state index contributed by atoms with van der Waals surface area (Å²) in [6.45, 7) is 3.85. The summed E-state index contributed by atoms with van der Waals surface area (Å²) in [5, 5.41) is 11.7. The summed E-state index contributed by atoms with van der Waals surface area (Å²) in [5.74, 6) is 0.308. The number of aromatic nitrogens is 3. The molecule has 0 bridgehead atoms. The van der Waals surface area contributed by atoms with Gasteiger partial charge >= 0.3 is 0 Å². The number of anilines is 1. The van der Waals surface area contributed by atoms with Gasteiger partial charge in [-0.25, -0.2) is 4.39 Å². The van der Waals surface area contributed by atoms with Crippen molar-refractivity contribution in [2.45, 2.75) is 19.0 Å². The molecule has 0 atom stereocenters. The zero-order valence-electron chi connectivity index (χ0n) is 14.8. The molecule has 0 unspecified atom stereocenters. The molecule has 3 rings (SSSR count). The van der Waals surface area contributed by atoms with Crippen molar-refractivity contribution in [1.29, 1.82) is 0 Å². The van der Waals surface area contributed by atoms with Gasteiger partial charge in [-0.05, 0) is 31.5 Å². The Balaban J connectivity index is 1.65. The first-order valence-corrected chi connectivity index (χ1v) is 9.08. The van der Waals surface area contributed by atoms with E-state index in [1.807, 2.05) is 49.7 Å². The van der Waals surface area contributed by atoms with E-state index in [1.54, 1.807) is 6.07 Å². The number of benzene rings is 2. The first-order chi connectivity index (χ1) is 12.4. The Bertz CT molecular complexity index is 937. The highest BCUT2D eigenvalue weighted by molar-refractivity contribution is 7.99. The van der Waals surface area contributed by atoms with Crippen molar-refractivity contribution in [3.63, 3.8) is 0 Å². The molecule has 1 heterocycles. The molecule has 0 aliphatic heterocycles. The minimum atomic E-state index is -0.380. The van der Waals surface area contributed by atoms with E-state index in [0.717, 1.165) is 17.0 Å². The Labute approximate surface area is 155 Å². The van der Waals surface area contributed by atoms with E-state index >= 15 is 0 Å². The van der Waals surface area contributed by atoms with Gasteiger partial charge in [-0.1, -0.05) is 47.7 Å². The average Bonchev–Trinajstić information content (AvgIpc) is 2.98. The third-order valence-electron chi connectivity index (χ3n) is 3.95. The molecule has 26 heavy (non-hydrogen) atoms. The molecule has 0 aliphatic carbocycles. The number of nitrogens with zero attached hydrogens (tertiary/aromatic N) is 3. The molecule has 0 fully saturated rings. The molecule has 1 amide bonds. The van der Waals surface area contributed by atoms with Gasteiger partial charge in [0.25, 0.3) is 0 Å². The summed E-state index contributed by atoms with van der Waals surface area (Å²) in [4.78, 5) is 12.2. The second kappa shape index (κ2) is 7.70. The van der Waals surface area contributed by atoms with Gasteiger partial charge in [-0.2, -0.15) is 0 Å². The van der Waals surface area contributed by atoms with Crippen LogP contribution in [0.4, 0.5) is 10.1 Å². The molecule has 5 nitrogen and oxygen atoms in total. The fourth-order valence-corrected chi connectivity index (χ4v) is 3.15. The Hall–Kier alpha value is -2.67. The molecule has 0 aliphatic rings. The zero-order chi connectivity index (χ0) is 18.7.